The van der Waals surface area contributed by atoms with Gasteiger partial charge in [0, 0.05) is 18.1 Å². The van der Waals surface area contributed by atoms with Crippen LogP contribution < -0.4 is 10.1 Å². The Morgan fingerprint density at radius 3 is 2.58 bits per heavy atom. The van der Waals surface area contributed by atoms with Crippen molar-refractivity contribution in [3.05, 3.63) is 43.2 Å². The highest BCUT2D eigenvalue weighted by Gasteiger charge is 2.10. The maximum atomic E-state index is 5.29. The third-order valence-electron chi connectivity index (χ3n) is 2.70. The van der Waals surface area contributed by atoms with Crippen LogP contribution in [0, 0.1) is 0 Å². The molecule has 102 valence electrons. The summed E-state index contributed by atoms with van der Waals surface area (Å²) < 4.78 is 7.19. The van der Waals surface area contributed by atoms with Crippen molar-refractivity contribution >= 4 is 43.2 Å². The summed E-state index contributed by atoms with van der Waals surface area (Å²) in [5, 5.41) is 6.56. The number of hydrogen-bond acceptors (Lipinski definition) is 4. The average molecular weight is 406 g/mol. The minimum absolute atomic E-state index is 0.250. The summed E-state index contributed by atoms with van der Waals surface area (Å²) in [4.78, 5) is 4.31. The molecule has 19 heavy (non-hydrogen) atoms. The van der Waals surface area contributed by atoms with Gasteiger partial charge in [-0.3, -0.25) is 0 Å². The zero-order valence-corrected chi connectivity index (χ0v) is 14.6. The normalized spacial score (nSPS) is 12.4. The summed E-state index contributed by atoms with van der Waals surface area (Å²) in [5.41, 5.74) is 1.18. The first-order chi connectivity index (χ1) is 9.11. The summed E-state index contributed by atoms with van der Waals surface area (Å²) in [7, 11) is 1.66. The SMILES string of the molecule is COc1c(Br)cc(CNC(C)c2nccs2)cc1Br. The number of ether oxygens (including phenoxy) is 1. The van der Waals surface area contributed by atoms with Gasteiger partial charge in [0.25, 0.3) is 0 Å². The van der Waals surface area contributed by atoms with Crippen molar-refractivity contribution in [2.45, 2.75) is 19.5 Å². The molecule has 1 aromatic carbocycles. The Morgan fingerprint density at radius 2 is 2.05 bits per heavy atom. The summed E-state index contributed by atoms with van der Waals surface area (Å²) in [6, 6.07) is 4.37. The zero-order chi connectivity index (χ0) is 13.8. The third-order valence-corrected chi connectivity index (χ3v) is 4.83. The topological polar surface area (TPSA) is 34.1 Å². The Bertz CT molecular complexity index is 523. The molecular formula is C13H14Br2N2OS. The first kappa shape index (κ1) is 15.0. The average Bonchev–Trinajstić information content (AvgIpc) is 2.89. The van der Waals surface area contributed by atoms with Gasteiger partial charge < -0.3 is 10.1 Å². The van der Waals surface area contributed by atoms with E-state index in [-0.39, 0.29) is 6.04 Å². The largest absolute Gasteiger partial charge is 0.494 e. The smallest absolute Gasteiger partial charge is 0.147 e. The molecule has 3 nitrogen and oxygen atoms in total. The number of nitrogens with one attached hydrogen (secondary N) is 1. The second-order valence-corrected chi connectivity index (χ2v) is 6.70. The standard InChI is InChI=1S/C13H14Br2N2OS/c1-8(13-16-3-4-19-13)17-7-9-5-10(14)12(18-2)11(15)6-9/h3-6,8,17H,7H2,1-2H3. The Hall–Kier alpha value is -0.430. The number of nitrogens with zero attached hydrogens (tertiary/aromatic N) is 1. The molecule has 0 aliphatic rings. The van der Waals surface area contributed by atoms with Crippen LogP contribution in [-0.2, 0) is 6.54 Å². The van der Waals surface area contributed by atoms with Crippen molar-refractivity contribution in [2.75, 3.05) is 7.11 Å². The van der Waals surface area contributed by atoms with E-state index in [1.807, 2.05) is 11.6 Å². The van der Waals surface area contributed by atoms with Gasteiger partial charge in [0.05, 0.1) is 22.1 Å². The molecule has 0 amide bonds. The lowest BCUT2D eigenvalue weighted by atomic mass is 10.2. The number of halogens is 2. The number of thiazole rings is 1. The zero-order valence-electron chi connectivity index (χ0n) is 10.6. The van der Waals surface area contributed by atoms with Crippen molar-refractivity contribution < 1.29 is 4.74 Å². The molecule has 2 aromatic rings. The number of hydrogen-bond donors (Lipinski definition) is 1. The monoisotopic (exact) mass is 404 g/mol. The highest BCUT2D eigenvalue weighted by atomic mass is 79.9. The minimum atomic E-state index is 0.250. The first-order valence-electron chi connectivity index (χ1n) is 5.76. The van der Waals surface area contributed by atoms with E-state index < -0.39 is 0 Å². The molecule has 0 radical (unpaired) electrons. The van der Waals surface area contributed by atoms with Gasteiger partial charge in [-0.25, -0.2) is 4.98 Å². The van der Waals surface area contributed by atoms with Crippen molar-refractivity contribution in [1.82, 2.24) is 10.3 Å². The van der Waals surface area contributed by atoms with Crippen LogP contribution in [0.3, 0.4) is 0 Å². The van der Waals surface area contributed by atoms with E-state index in [0.29, 0.717) is 0 Å². The molecule has 2 rings (SSSR count). The molecule has 0 aliphatic heterocycles. The van der Waals surface area contributed by atoms with E-state index >= 15 is 0 Å². The lowest BCUT2D eigenvalue weighted by Gasteiger charge is -2.13. The highest BCUT2D eigenvalue weighted by Crippen LogP contribution is 2.34. The molecule has 1 heterocycles. The number of aromatic nitrogens is 1. The van der Waals surface area contributed by atoms with Gasteiger partial charge in [0.1, 0.15) is 10.8 Å². The molecule has 0 fully saturated rings. The highest BCUT2D eigenvalue weighted by molar-refractivity contribution is 9.11. The van der Waals surface area contributed by atoms with Crippen molar-refractivity contribution in [1.29, 1.82) is 0 Å². The Labute approximate surface area is 133 Å². The second kappa shape index (κ2) is 6.83. The van der Waals surface area contributed by atoms with Crippen LogP contribution in [0.25, 0.3) is 0 Å². The quantitative estimate of drug-likeness (QED) is 0.793. The van der Waals surface area contributed by atoms with Crippen LogP contribution in [0.2, 0.25) is 0 Å². The summed E-state index contributed by atoms with van der Waals surface area (Å²) in [6.45, 7) is 2.90. The molecular weight excluding hydrogens is 392 g/mol. The van der Waals surface area contributed by atoms with E-state index in [0.717, 1.165) is 26.2 Å². The van der Waals surface area contributed by atoms with E-state index in [2.05, 4.69) is 61.2 Å². The Kier molecular flexibility index (Phi) is 5.38. The Balaban J connectivity index is 2.04. The van der Waals surface area contributed by atoms with Gasteiger partial charge in [-0.2, -0.15) is 0 Å². The minimum Gasteiger partial charge on any atom is -0.494 e. The fourth-order valence-electron chi connectivity index (χ4n) is 1.72. The summed E-state index contributed by atoms with van der Waals surface area (Å²) in [6.07, 6.45) is 1.83. The van der Waals surface area contributed by atoms with Crippen LogP contribution in [0.5, 0.6) is 5.75 Å². The van der Waals surface area contributed by atoms with Crippen molar-refractivity contribution in [3.63, 3.8) is 0 Å². The van der Waals surface area contributed by atoms with E-state index in [9.17, 15) is 0 Å². The van der Waals surface area contributed by atoms with Crippen LogP contribution >= 0.6 is 43.2 Å². The maximum absolute atomic E-state index is 5.29. The molecule has 1 aromatic heterocycles. The van der Waals surface area contributed by atoms with Gasteiger partial charge in [0.2, 0.25) is 0 Å². The van der Waals surface area contributed by atoms with Gasteiger partial charge in [-0.15, -0.1) is 11.3 Å². The van der Waals surface area contributed by atoms with Gasteiger partial charge >= 0.3 is 0 Å². The maximum Gasteiger partial charge on any atom is 0.147 e. The number of rotatable bonds is 5. The van der Waals surface area contributed by atoms with Crippen molar-refractivity contribution in [3.8, 4) is 5.75 Å². The van der Waals surface area contributed by atoms with Crippen LogP contribution in [-0.4, -0.2) is 12.1 Å². The summed E-state index contributed by atoms with van der Waals surface area (Å²) >= 11 is 8.69. The molecule has 0 bridgehead atoms. The van der Waals surface area contributed by atoms with Crippen molar-refractivity contribution in [2.24, 2.45) is 0 Å². The Morgan fingerprint density at radius 1 is 1.37 bits per heavy atom. The fourth-order valence-corrected chi connectivity index (χ4v) is 3.99. The van der Waals surface area contributed by atoms with Crippen LogP contribution in [0.15, 0.2) is 32.7 Å². The predicted octanol–water partition coefficient (Wildman–Crippen LogP) is 4.53. The predicted molar refractivity (Wildman–Crippen MR) is 85.8 cm³/mol. The number of benzene rings is 1. The summed E-state index contributed by atoms with van der Waals surface area (Å²) in [5.74, 6) is 0.816. The second-order valence-electron chi connectivity index (χ2n) is 4.07. The molecule has 1 atom stereocenters. The third kappa shape index (κ3) is 3.78. The van der Waals surface area contributed by atoms with E-state index in [1.165, 1.54) is 5.56 Å². The molecule has 1 N–H and O–H groups in total. The number of methoxy groups -OCH3 is 1. The fraction of sp³-hybridized carbons (Fsp3) is 0.308. The molecule has 1 unspecified atom stereocenters. The molecule has 0 aliphatic carbocycles. The lowest BCUT2D eigenvalue weighted by Crippen LogP contribution is -2.17. The lowest BCUT2D eigenvalue weighted by molar-refractivity contribution is 0.409. The molecule has 0 spiro atoms. The van der Waals surface area contributed by atoms with Crippen LogP contribution in [0.1, 0.15) is 23.5 Å². The van der Waals surface area contributed by atoms with E-state index in [1.54, 1.807) is 18.4 Å². The van der Waals surface area contributed by atoms with Crippen LogP contribution in [0.4, 0.5) is 0 Å². The first-order valence-corrected chi connectivity index (χ1v) is 8.23. The van der Waals surface area contributed by atoms with Gasteiger partial charge in [0.15, 0.2) is 0 Å². The van der Waals surface area contributed by atoms with Gasteiger partial charge in [-0.05, 0) is 56.5 Å². The molecule has 0 saturated carbocycles. The molecule has 0 saturated heterocycles. The van der Waals surface area contributed by atoms with Gasteiger partial charge in [-0.1, -0.05) is 0 Å². The van der Waals surface area contributed by atoms with E-state index in [4.69, 9.17) is 4.74 Å². The molecule has 6 heteroatoms.